The first-order chi connectivity index (χ1) is 16.3. The molecule has 1 heterocycles. The van der Waals surface area contributed by atoms with E-state index in [1.807, 2.05) is 72.7 Å². The molecule has 7 nitrogen and oxygen atoms in total. The molecular weight excluding hydrogens is 428 g/mol. The maximum Gasteiger partial charge on any atom is 0.258 e. The van der Waals surface area contributed by atoms with Gasteiger partial charge < -0.3 is 19.5 Å². The molecule has 0 spiro atoms. The summed E-state index contributed by atoms with van der Waals surface area (Å²) in [6, 6.07) is 13.3. The number of benzene rings is 2. The highest BCUT2D eigenvalue weighted by Gasteiger charge is 2.22. The van der Waals surface area contributed by atoms with Gasteiger partial charge in [0.2, 0.25) is 5.91 Å². The van der Waals surface area contributed by atoms with Crippen LogP contribution in [-0.2, 0) is 16.1 Å². The number of carbonyl (C=O) groups is 2. The van der Waals surface area contributed by atoms with Gasteiger partial charge in [0.05, 0.1) is 17.1 Å². The van der Waals surface area contributed by atoms with Crippen LogP contribution in [0.4, 0.5) is 0 Å². The van der Waals surface area contributed by atoms with E-state index >= 15 is 0 Å². The zero-order chi connectivity index (χ0) is 24.7. The molecular formula is C27H36N4O3. The van der Waals surface area contributed by atoms with Crippen LogP contribution in [0.5, 0.6) is 5.75 Å². The van der Waals surface area contributed by atoms with Crippen molar-refractivity contribution in [3.8, 4) is 5.75 Å². The normalized spacial score (nSPS) is 11.9. The van der Waals surface area contributed by atoms with Gasteiger partial charge in [0.1, 0.15) is 18.1 Å². The number of ether oxygens (including phenoxy) is 1. The quantitative estimate of drug-likeness (QED) is 0.451. The maximum atomic E-state index is 13.1. The SMILES string of the molecule is CCCN(CCC)C(=O)Cn1c(C(C)NC(=O)COc2cc(C)ccc2C)nc2ccccc21. The Balaban J connectivity index is 1.76. The van der Waals surface area contributed by atoms with Gasteiger partial charge >= 0.3 is 0 Å². The average Bonchev–Trinajstić information content (AvgIpc) is 3.18. The van der Waals surface area contributed by atoms with Crippen LogP contribution >= 0.6 is 0 Å². The average molecular weight is 465 g/mol. The van der Waals surface area contributed by atoms with Gasteiger partial charge in [-0.1, -0.05) is 38.1 Å². The van der Waals surface area contributed by atoms with Crippen LogP contribution in [0.25, 0.3) is 11.0 Å². The number of para-hydroxylation sites is 2. The second kappa shape index (κ2) is 11.7. The Labute approximate surface area is 202 Å². The summed E-state index contributed by atoms with van der Waals surface area (Å²) < 4.78 is 7.68. The zero-order valence-corrected chi connectivity index (χ0v) is 20.9. The first-order valence-corrected chi connectivity index (χ1v) is 12.1. The van der Waals surface area contributed by atoms with Crippen molar-refractivity contribution in [1.82, 2.24) is 19.8 Å². The van der Waals surface area contributed by atoms with Crippen molar-refractivity contribution < 1.29 is 14.3 Å². The van der Waals surface area contributed by atoms with Crippen LogP contribution in [0.3, 0.4) is 0 Å². The lowest BCUT2D eigenvalue weighted by molar-refractivity contribution is -0.131. The molecule has 182 valence electrons. The van der Waals surface area contributed by atoms with Gasteiger partial charge in [-0.25, -0.2) is 4.98 Å². The second-order valence-corrected chi connectivity index (χ2v) is 8.77. The third-order valence-corrected chi connectivity index (χ3v) is 5.78. The van der Waals surface area contributed by atoms with Gasteiger partial charge in [-0.2, -0.15) is 0 Å². The molecule has 34 heavy (non-hydrogen) atoms. The van der Waals surface area contributed by atoms with Gasteiger partial charge in [0.15, 0.2) is 6.61 Å². The number of aryl methyl sites for hydroxylation is 2. The lowest BCUT2D eigenvalue weighted by Gasteiger charge is -2.23. The van der Waals surface area contributed by atoms with E-state index in [-0.39, 0.29) is 31.0 Å². The van der Waals surface area contributed by atoms with Crippen molar-refractivity contribution in [1.29, 1.82) is 0 Å². The van der Waals surface area contributed by atoms with Crippen LogP contribution in [0.2, 0.25) is 0 Å². The number of nitrogens with zero attached hydrogens (tertiary/aromatic N) is 3. The molecule has 3 aromatic rings. The van der Waals surface area contributed by atoms with Crippen molar-refractivity contribution in [3.63, 3.8) is 0 Å². The predicted molar refractivity (Wildman–Crippen MR) is 135 cm³/mol. The second-order valence-electron chi connectivity index (χ2n) is 8.77. The number of rotatable bonds is 11. The van der Waals surface area contributed by atoms with E-state index in [2.05, 4.69) is 19.2 Å². The van der Waals surface area contributed by atoms with E-state index in [1.54, 1.807) is 0 Å². The minimum absolute atomic E-state index is 0.0601. The Bertz CT molecular complexity index is 1130. The number of nitrogens with one attached hydrogen (secondary N) is 1. The van der Waals surface area contributed by atoms with Crippen molar-refractivity contribution >= 4 is 22.8 Å². The number of carbonyl (C=O) groups excluding carboxylic acids is 2. The maximum absolute atomic E-state index is 13.1. The molecule has 1 aromatic heterocycles. The Morgan fingerprint density at radius 1 is 1.09 bits per heavy atom. The lowest BCUT2D eigenvalue weighted by Crippen LogP contribution is -2.37. The van der Waals surface area contributed by atoms with E-state index in [4.69, 9.17) is 9.72 Å². The summed E-state index contributed by atoms with van der Waals surface area (Å²) in [7, 11) is 0. The van der Waals surface area contributed by atoms with Crippen LogP contribution in [0.1, 0.15) is 56.6 Å². The molecule has 1 unspecified atom stereocenters. The number of imidazole rings is 1. The topological polar surface area (TPSA) is 76.5 Å². The molecule has 2 amide bonds. The fourth-order valence-corrected chi connectivity index (χ4v) is 4.08. The third-order valence-electron chi connectivity index (χ3n) is 5.78. The summed E-state index contributed by atoms with van der Waals surface area (Å²) >= 11 is 0. The molecule has 3 rings (SSSR count). The van der Waals surface area contributed by atoms with Gasteiger partial charge in [-0.3, -0.25) is 9.59 Å². The minimum Gasteiger partial charge on any atom is -0.483 e. The Morgan fingerprint density at radius 3 is 2.50 bits per heavy atom. The van der Waals surface area contributed by atoms with Crippen molar-refractivity contribution in [2.75, 3.05) is 19.7 Å². The summed E-state index contributed by atoms with van der Waals surface area (Å²) in [5, 5.41) is 2.98. The molecule has 0 bridgehead atoms. The largest absolute Gasteiger partial charge is 0.483 e. The van der Waals surface area contributed by atoms with Crippen LogP contribution in [0.15, 0.2) is 42.5 Å². The number of hydrogen-bond acceptors (Lipinski definition) is 4. The smallest absolute Gasteiger partial charge is 0.258 e. The molecule has 0 radical (unpaired) electrons. The van der Waals surface area contributed by atoms with Crippen LogP contribution in [0, 0.1) is 13.8 Å². The van der Waals surface area contributed by atoms with Gasteiger partial charge in [-0.15, -0.1) is 0 Å². The first kappa shape index (κ1) is 25.3. The zero-order valence-electron chi connectivity index (χ0n) is 20.9. The standard InChI is InChI=1S/C27H36N4O3/c1-6-14-30(15-7-2)26(33)17-31-23-11-9-8-10-22(23)29-27(31)21(5)28-25(32)18-34-24-16-19(3)12-13-20(24)4/h8-13,16,21H,6-7,14-15,17-18H2,1-5H3,(H,28,32). The van der Waals surface area contributed by atoms with E-state index in [9.17, 15) is 9.59 Å². The highest BCUT2D eigenvalue weighted by Crippen LogP contribution is 2.22. The van der Waals surface area contributed by atoms with Crippen LogP contribution < -0.4 is 10.1 Å². The number of hydrogen-bond donors (Lipinski definition) is 1. The van der Waals surface area contributed by atoms with Gasteiger partial charge in [0, 0.05) is 13.1 Å². The third kappa shape index (κ3) is 6.16. The molecule has 0 saturated heterocycles. The molecule has 1 N–H and O–H groups in total. The molecule has 0 aliphatic heterocycles. The summed E-state index contributed by atoms with van der Waals surface area (Å²) in [5.74, 6) is 1.18. The van der Waals surface area contributed by atoms with E-state index in [1.165, 1.54) is 0 Å². The highest BCUT2D eigenvalue weighted by molar-refractivity contribution is 5.82. The fourth-order valence-electron chi connectivity index (χ4n) is 4.08. The molecule has 0 fully saturated rings. The van der Waals surface area contributed by atoms with Crippen molar-refractivity contribution in [2.24, 2.45) is 0 Å². The molecule has 7 heteroatoms. The van der Waals surface area contributed by atoms with Crippen molar-refractivity contribution in [3.05, 3.63) is 59.4 Å². The Hall–Kier alpha value is -3.35. The van der Waals surface area contributed by atoms with E-state index in [0.717, 1.165) is 48.1 Å². The molecule has 0 saturated carbocycles. The summed E-state index contributed by atoms with van der Waals surface area (Å²) in [6.07, 6.45) is 1.83. The number of aromatic nitrogens is 2. The summed E-state index contributed by atoms with van der Waals surface area (Å²) in [6.45, 7) is 11.5. The minimum atomic E-state index is -0.388. The highest BCUT2D eigenvalue weighted by atomic mass is 16.5. The molecule has 2 aromatic carbocycles. The predicted octanol–water partition coefficient (Wildman–Crippen LogP) is 4.56. The first-order valence-electron chi connectivity index (χ1n) is 12.1. The van der Waals surface area contributed by atoms with E-state index in [0.29, 0.717) is 11.6 Å². The summed E-state index contributed by atoms with van der Waals surface area (Å²) in [4.78, 5) is 32.4. The molecule has 0 aliphatic carbocycles. The van der Waals surface area contributed by atoms with Crippen molar-refractivity contribution in [2.45, 2.75) is 60.0 Å². The van der Waals surface area contributed by atoms with Gasteiger partial charge in [-0.05, 0) is 62.9 Å². The fraction of sp³-hybridized carbons (Fsp3) is 0.444. The number of fused-ring (bicyclic) bond motifs is 1. The van der Waals surface area contributed by atoms with E-state index < -0.39 is 0 Å². The number of amides is 2. The lowest BCUT2D eigenvalue weighted by atomic mass is 10.1. The molecule has 1 atom stereocenters. The monoisotopic (exact) mass is 464 g/mol. The van der Waals surface area contributed by atoms with Gasteiger partial charge in [0.25, 0.3) is 5.91 Å². The Morgan fingerprint density at radius 2 is 1.79 bits per heavy atom. The van der Waals surface area contributed by atoms with Crippen LogP contribution in [-0.4, -0.2) is 46.0 Å². The molecule has 0 aliphatic rings. The Kier molecular flexibility index (Phi) is 8.68. The summed E-state index contributed by atoms with van der Waals surface area (Å²) in [5.41, 5.74) is 3.74.